The number of urea groups is 1. The van der Waals surface area contributed by atoms with E-state index in [0.717, 1.165) is 70.8 Å². The minimum atomic E-state index is -0.192. The first kappa shape index (κ1) is 17.2. The van der Waals surface area contributed by atoms with Crippen molar-refractivity contribution in [2.24, 2.45) is 0 Å². The van der Waals surface area contributed by atoms with Crippen molar-refractivity contribution in [2.75, 3.05) is 45.9 Å². The van der Waals surface area contributed by atoms with Gasteiger partial charge in [-0.1, -0.05) is 12.1 Å². The molecule has 3 rings (SSSR count). The Kier molecular flexibility index (Phi) is 6.04. The summed E-state index contributed by atoms with van der Waals surface area (Å²) in [5.41, 5.74) is 1.15. The highest BCUT2D eigenvalue weighted by Gasteiger charge is 2.23. The SMILES string of the molecule is O=C(NC1CCOCC1)N1CCN(CCc2ccc(F)cc2)CC1. The van der Waals surface area contributed by atoms with Crippen LogP contribution in [0.1, 0.15) is 18.4 Å². The lowest BCUT2D eigenvalue weighted by molar-refractivity contribution is 0.0761. The third kappa shape index (κ3) is 4.92. The van der Waals surface area contributed by atoms with E-state index in [1.807, 2.05) is 17.0 Å². The summed E-state index contributed by atoms with van der Waals surface area (Å²) in [5, 5.41) is 3.12. The van der Waals surface area contributed by atoms with E-state index in [9.17, 15) is 9.18 Å². The number of halogens is 1. The largest absolute Gasteiger partial charge is 0.381 e. The molecule has 132 valence electrons. The molecule has 0 aromatic heterocycles. The van der Waals surface area contributed by atoms with Gasteiger partial charge in [0.1, 0.15) is 5.82 Å². The molecule has 6 heteroatoms. The molecule has 5 nitrogen and oxygen atoms in total. The van der Waals surface area contributed by atoms with E-state index >= 15 is 0 Å². The second-order valence-corrected chi connectivity index (χ2v) is 6.54. The molecular weight excluding hydrogens is 309 g/mol. The van der Waals surface area contributed by atoms with Crippen LogP contribution in [0.5, 0.6) is 0 Å². The van der Waals surface area contributed by atoms with E-state index < -0.39 is 0 Å². The first-order chi connectivity index (χ1) is 11.7. The van der Waals surface area contributed by atoms with Crippen molar-refractivity contribution in [1.82, 2.24) is 15.1 Å². The predicted molar refractivity (Wildman–Crippen MR) is 90.5 cm³/mol. The van der Waals surface area contributed by atoms with Crippen LogP contribution in [0.3, 0.4) is 0 Å². The topological polar surface area (TPSA) is 44.8 Å². The Morgan fingerprint density at radius 3 is 2.46 bits per heavy atom. The van der Waals surface area contributed by atoms with Crippen LogP contribution in [-0.2, 0) is 11.2 Å². The molecule has 2 heterocycles. The van der Waals surface area contributed by atoms with Gasteiger partial charge in [0.15, 0.2) is 0 Å². The smallest absolute Gasteiger partial charge is 0.317 e. The van der Waals surface area contributed by atoms with Crippen LogP contribution < -0.4 is 5.32 Å². The number of hydrogen-bond acceptors (Lipinski definition) is 3. The standard InChI is InChI=1S/C18H26FN3O2/c19-16-3-1-15(2-4-16)5-8-21-9-11-22(12-10-21)18(23)20-17-6-13-24-14-7-17/h1-4,17H,5-14H2,(H,20,23). The summed E-state index contributed by atoms with van der Waals surface area (Å²) in [6.45, 7) is 5.73. The number of hydrogen-bond donors (Lipinski definition) is 1. The number of piperazine rings is 1. The van der Waals surface area contributed by atoms with Crippen molar-refractivity contribution < 1.29 is 13.9 Å². The average molecular weight is 335 g/mol. The molecule has 0 spiro atoms. The van der Waals surface area contributed by atoms with Crippen LogP contribution in [-0.4, -0.2) is 67.8 Å². The molecule has 2 fully saturated rings. The molecular formula is C18H26FN3O2. The summed E-state index contributed by atoms with van der Waals surface area (Å²) in [6.07, 6.45) is 2.72. The van der Waals surface area contributed by atoms with Gasteiger partial charge in [-0.15, -0.1) is 0 Å². The molecule has 1 aromatic rings. The highest BCUT2D eigenvalue weighted by atomic mass is 19.1. The van der Waals surface area contributed by atoms with Crippen LogP contribution in [0.4, 0.5) is 9.18 Å². The van der Waals surface area contributed by atoms with Gasteiger partial charge in [-0.2, -0.15) is 0 Å². The van der Waals surface area contributed by atoms with Gasteiger partial charge in [-0.3, -0.25) is 4.90 Å². The number of carbonyl (C=O) groups excluding carboxylic acids is 1. The van der Waals surface area contributed by atoms with Gasteiger partial charge < -0.3 is 15.0 Å². The van der Waals surface area contributed by atoms with E-state index in [-0.39, 0.29) is 17.9 Å². The first-order valence-corrected chi connectivity index (χ1v) is 8.81. The Hall–Kier alpha value is -1.66. The third-order valence-electron chi connectivity index (χ3n) is 4.84. The molecule has 0 atom stereocenters. The second kappa shape index (κ2) is 8.44. The summed E-state index contributed by atoms with van der Waals surface area (Å²) in [5.74, 6) is -0.192. The van der Waals surface area contributed by atoms with Crippen molar-refractivity contribution in [1.29, 1.82) is 0 Å². The molecule has 24 heavy (non-hydrogen) atoms. The lowest BCUT2D eigenvalue weighted by Crippen LogP contribution is -2.54. The van der Waals surface area contributed by atoms with E-state index in [4.69, 9.17) is 4.74 Å². The van der Waals surface area contributed by atoms with Crippen LogP contribution in [0, 0.1) is 5.82 Å². The Balaban J connectivity index is 1.37. The Labute approximate surface area is 142 Å². The lowest BCUT2D eigenvalue weighted by atomic mass is 10.1. The molecule has 0 radical (unpaired) electrons. The van der Waals surface area contributed by atoms with Crippen LogP contribution in [0.25, 0.3) is 0 Å². The van der Waals surface area contributed by atoms with Crippen LogP contribution in [0.2, 0.25) is 0 Å². The minimum Gasteiger partial charge on any atom is -0.381 e. The number of ether oxygens (including phenoxy) is 1. The van der Waals surface area contributed by atoms with Gasteiger partial charge in [0.25, 0.3) is 0 Å². The van der Waals surface area contributed by atoms with E-state index in [1.54, 1.807) is 0 Å². The van der Waals surface area contributed by atoms with Crippen LogP contribution in [0.15, 0.2) is 24.3 Å². The Morgan fingerprint density at radius 2 is 1.79 bits per heavy atom. The summed E-state index contributed by atoms with van der Waals surface area (Å²) < 4.78 is 18.2. The van der Waals surface area contributed by atoms with Gasteiger partial charge >= 0.3 is 6.03 Å². The normalized spacial score (nSPS) is 20.1. The van der Waals surface area contributed by atoms with Gasteiger partial charge in [-0.25, -0.2) is 9.18 Å². The summed E-state index contributed by atoms with van der Waals surface area (Å²) in [4.78, 5) is 16.6. The highest BCUT2D eigenvalue weighted by Crippen LogP contribution is 2.09. The second-order valence-electron chi connectivity index (χ2n) is 6.54. The average Bonchev–Trinajstić information content (AvgIpc) is 2.62. The van der Waals surface area contributed by atoms with Crippen molar-refractivity contribution in [3.8, 4) is 0 Å². The van der Waals surface area contributed by atoms with Crippen molar-refractivity contribution >= 4 is 6.03 Å². The molecule has 2 aliphatic rings. The minimum absolute atomic E-state index is 0.0556. The zero-order chi connectivity index (χ0) is 16.8. The number of amides is 2. The maximum Gasteiger partial charge on any atom is 0.317 e. The highest BCUT2D eigenvalue weighted by molar-refractivity contribution is 5.74. The number of nitrogens with zero attached hydrogens (tertiary/aromatic N) is 2. The monoisotopic (exact) mass is 335 g/mol. The number of nitrogens with one attached hydrogen (secondary N) is 1. The molecule has 0 bridgehead atoms. The fourth-order valence-electron chi connectivity index (χ4n) is 3.22. The van der Waals surface area contributed by atoms with Crippen molar-refractivity contribution in [3.05, 3.63) is 35.6 Å². The Morgan fingerprint density at radius 1 is 1.12 bits per heavy atom. The molecule has 2 amide bonds. The van der Waals surface area contributed by atoms with E-state index in [1.165, 1.54) is 12.1 Å². The van der Waals surface area contributed by atoms with Gasteiger partial charge in [0.05, 0.1) is 0 Å². The van der Waals surface area contributed by atoms with E-state index in [2.05, 4.69) is 10.2 Å². The zero-order valence-corrected chi connectivity index (χ0v) is 14.0. The number of benzene rings is 1. The summed E-state index contributed by atoms with van der Waals surface area (Å²) in [6, 6.07) is 7.00. The molecule has 0 saturated carbocycles. The lowest BCUT2D eigenvalue weighted by Gasteiger charge is -2.36. The third-order valence-corrected chi connectivity index (χ3v) is 4.84. The molecule has 2 aliphatic heterocycles. The molecule has 0 aliphatic carbocycles. The molecule has 1 aromatic carbocycles. The number of carbonyl (C=O) groups is 1. The zero-order valence-electron chi connectivity index (χ0n) is 14.0. The number of rotatable bonds is 4. The van der Waals surface area contributed by atoms with E-state index in [0.29, 0.717) is 0 Å². The van der Waals surface area contributed by atoms with Gasteiger partial charge in [0.2, 0.25) is 0 Å². The maximum atomic E-state index is 12.9. The molecule has 2 saturated heterocycles. The summed E-state index contributed by atoms with van der Waals surface area (Å²) in [7, 11) is 0. The quantitative estimate of drug-likeness (QED) is 0.914. The molecule has 1 N–H and O–H groups in total. The van der Waals surface area contributed by atoms with Gasteiger partial charge in [-0.05, 0) is 37.0 Å². The first-order valence-electron chi connectivity index (χ1n) is 8.81. The Bertz CT molecular complexity index is 524. The molecule has 0 unspecified atom stereocenters. The fourth-order valence-corrected chi connectivity index (χ4v) is 3.22. The maximum absolute atomic E-state index is 12.9. The fraction of sp³-hybridized carbons (Fsp3) is 0.611. The van der Waals surface area contributed by atoms with Crippen molar-refractivity contribution in [3.63, 3.8) is 0 Å². The van der Waals surface area contributed by atoms with Gasteiger partial charge in [0, 0.05) is 52.0 Å². The van der Waals surface area contributed by atoms with Crippen LogP contribution >= 0.6 is 0 Å². The summed E-state index contributed by atoms with van der Waals surface area (Å²) >= 11 is 0. The predicted octanol–water partition coefficient (Wildman–Crippen LogP) is 1.87. The van der Waals surface area contributed by atoms with Crippen molar-refractivity contribution in [2.45, 2.75) is 25.3 Å².